The van der Waals surface area contributed by atoms with Crippen molar-refractivity contribution in [1.29, 1.82) is 0 Å². The molecule has 0 bridgehead atoms. The molecule has 1 unspecified atom stereocenters. The maximum absolute atomic E-state index is 13.2. The van der Waals surface area contributed by atoms with Gasteiger partial charge in [-0.25, -0.2) is 18.2 Å². The van der Waals surface area contributed by atoms with E-state index in [1.807, 2.05) is 13.0 Å². The molecule has 0 spiro atoms. The van der Waals surface area contributed by atoms with E-state index in [-0.39, 0.29) is 16.5 Å². The summed E-state index contributed by atoms with van der Waals surface area (Å²) in [5.41, 5.74) is 0.486. The molecule has 0 amide bonds. The first-order valence-corrected chi connectivity index (χ1v) is 9.57. The Hall–Kier alpha value is -2.13. The normalized spacial score (nSPS) is 18.7. The molecule has 1 heterocycles. The van der Waals surface area contributed by atoms with Gasteiger partial charge < -0.3 is 0 Å². The Balaban J connectivity index is 2.20. The molecule has 2 aromatic rings. The molecule has 0 radical (unpaired) electrons. The highest BCUT2D eigenvalue weighted by Gasteiger charge is 2.36. The number of benzene rings is 1. The summed E-state index contributed by atoms with van der Waals surface area (Å²) in [6.07, 6.45) is -0.620. The second-order valence-electron chi connectivity index (χ2n) is 6.40. The summed E-state index contributed by atoms with van der Waals surface area (Å²) in [4.78, 5) is -0.263. The minimum atomic E-state index is -4.63. The van der Waals surface area contributed by atoms with Crippen LogP contribution in [0.15, 0.2) is 46.9 Å². The molecular weight excluding hydrogens is 367 g/mol. The maximum Gasteiger partial charge on any atom is 0.435 e. The monoisotopic (exact) mass is 385 g/mol. The predicted octanol–water partition coefficient (Wildman–Crippen LogP) is 3.75. The van der Waals surface area contributed by atoms with Crippen LogP contribution in [0.25, 0.3) is 5.69 Å². The zero-order valence-corrected chi connectivity index (χ0v) is 14.8. The third-order valence-corrected chi connectivity index (χ3v) is 5.44. The quantitative estimate of drug-likeness (QED) is 0.818. The molecule has 1 aromatic heterocycles. The molecule has 5 nitrogen and oxygen atoms in total. The van der Waals surface area contributed by atoms with Gasteiger partial charge in [-0.05, 0) is 44.4 Å². The van der Waals surface area contributed by atoms with Crippen LogP contribution in [0.3, 0.4) is 0 Å². The van der Waals surface area contributed by atoms with Crippen molar-refractivity contribution >= 4 is 10.0 Å². The molecule has 1 aromatic carbocycles. The van der Waals surface area contributed by atoms with Crippen LogP contribution in [0.4, 0.5) is 13.2 Å². The Morgan fingerprint density at radius 3 is 2.54 bits per heavy atom. The Morgan fingerprint density at radius 1 is 1.27 bits per heavy atom. The van der Waals surface area contributed by atoms with Crippen LogP contribution in [0.5, 0.6) is 0 Å². The van der Waals surface area contributed by atoms with Gasteiger partial charge in [0.25, 0.3) is 0 Å². The van der Waals surface area contributed by atoms with E-state index in [9.17, 15) is 21.6 Å². The molecule has 1 atom stereocenters. The zero-order valence-electron chi connectivity index (χ0n) is 14.0. The van der Waals surface area contributed by atoms with Gasteiger partial charge in [0.2, 0.25) is 10.0 Å². The average Bonchev–Trinajstić information content (AvgIpc) is 3.00. The van der Waals surface area contributed by atoms with Crippen molar-refractivity contribution in [2.24, 2.45) is 5.14 Å². The first kappa shape index (κ1) is 18.7. The summed E-state index contributed by atoms with van der Waals surface area (Å²) in [5, 5.41) is 8.90. The van der Waals surface area contributed by atoms with E-state index in [0.29, 0.717) is 18.5 Å². The van der Waals surface area contributed by atoms with Gasteiger partial charge in [-0.3, -0.25) is 0 Å². The van der Waals surface area contributed by atoms with Crippen LogP contribution in [0.1, 0.15) is 43.5 Å². The highest BCUT2D eigenvalue weighted by atomic mass is 32.2. The Morgan fingerprint density at radius 2 is 1.96 bits per heavy atom. The first-order chi connectivity index (χ1) is 12.1. The van der Waals surface area contributed by atoms with Crippen LogP contribution < -0.4 is 5.14 Å². The number of alkyl halides is 3. The summed E-state index contributed by atoms with van der Waals surface area (Å²) in [5.74, 6) is -0.184. The SMILES string of the molecule is CC1=CCC(c2cc(C(F)(F)F)nn2-c2ccccc2S(N)(=O)=O)CC1. The number of primary sulfonamides is 1. The summed E-state index contributed by atoms with van der Waals surface area (Å²) < 4.78 is 64.5. The van der Waals surface area contributed by atoms with Crippen molar-refractivity contribution in [3.05, 3.63) is 53.4 Å². The van der Waals surface area contributed by atoms with Crippen LogP contribution in [0.2, 0.25) is 0 Å². The van der Waals surface area contributed by atoms with E-state index in [4.69, 9.17) is 5.14 Å². The molecule has 0 aliphatic heterocycles. The molecule has 26 heavy (non-hydrogen) atoms. The zero-order chi connectivity index (χ0) is 19.1. The molecule has 0 saturated carbocycles. The lowest BCUT2D eigenvalue weighted by atomic mass is 9.87. The lowest BCUT2D eigenvalue weighted by molar-refractivity contribution is -0.141. The minimum absolute atomic E-state index is 0.0202. The smallest absolute Gasteiger partial charge is 0.236 e. The van der Waals surface area contributed by atoms with Crippen LogP contribution >= 0.6 is 0 Å². The highest BCUT2D eigenvalue weighted by Crippen LogP contribution is 2.37. The molecule has 3 rings (SSSR count). The van der Waals surface area contributed by atoms with Gasteiger partial charge in [-0.1, -0.05) is 23.8 Å². The highest BCUT2D eigenvalue weighted by molar-refractivity contribution is 7.89. The largest absolute Gasteiger partial charge is 0.435 e. The topological polar surface area (TPSA) is 78.0 Å². The number of aromatic nitrogens is 2. The van der Waals surface area contributed by atoms with Crippen molar-refractivity contribution in [3.8, 4) is 5.69 Å². The number of hydrogen-bond donors (Lipinski definition) is 1. The number of nitrogens with zero attached hydrogens (tertiary/aromatic N) is 2. The predicted molar refractivity (Wildman–Crippen MR) is 90.3 cm³/mol. The number of rotatable bonds is 3. The third-order valence-electron chi connectivity index (χ3n) is 4.48. The summed E-state index contributed by atoms with van der Waals surface area (Å²) in [6.45, 7) is 1.98. The minimum Gasteiger partial charge on any atom is -0.236 e. The second kappa shape index (κ2) is 6.55. The van der Waals surface area contributed by atoms with Crippen molar-refractivity contribution in [2.45, 2.75) is 43.2 Å². The standard InChI is InChI=1S/C17H18F3N3O2S/c1-11-6-8-12(9-7-11)14-10-16(17(18,19)20)22-23(14)13-4-2-3-5-15(13)26(21,24)25/h2-6,10,12H,7-9H2,1H3,(H2,21,24,25). The first-order valence-electron chi connectivity index (χ1n) is 8.02. The van der Waals surface area contributed by atoms with Crippen molar-refractivity contribution in [3.63, 3.8) is 0 Å². The number of para-hydroxylation sites is 1. The summed E-state index contributed by atoms with van der Waals surface area (Å²) in [7, 11) is -4.12. The second-order valence-corrected chi connectivity index (χ2v) is 7.93. The van der Waals surface area contributed by atoms with E-state index in [1.165, 1.54) is 29.8 Å². The van der Waals surface area contributed by atoms with Crippen molar-refractivity contribution in [1.82, 2.24) is 9.78 Å². The van der Waals surface area contributed by atoms with Gasteiger partial charge in [0.05, 0.1) is 5.69 Å². The van der Waals surface area contributed by atoms with Gasteiger partial charge in [0, 0.05) is 11.6 Å². The molecular formula is C17H18F3N3O2S. The Kier molecular flexibility index (Phi) is 4.70. The molecule has 9 heteroatoms. The number of nitrogens with two attached hydrogens (primary N) is 1. The number of sulfonamides is 1. The van der Waals surface area contributed by atoms with E-state index < -0.39 is 21.9 Å². The van der Waals surface area contributed by atoms with Crippen LogP contribution in [-0.4, -0.2) is 18.2 Å². The van der Waals surface area contributed by atoms with Crippen LogP contribution in [-0.2, 0) is 16.2 Å². The number of allylic oxidation sites excluding steroid dienone is 2. The molecule has 140 valence electrons. The fraction of sp³-hybridized carbons (Fsp3) is 0.353. The Bertz CT molecular complexity index is 962. The maximum atomic E-state index is 13.2. The molecule has 1 aliphatic carbocycles. The molecule has 0 fully saturated rings. The van der Waals surface area contributed by atoms with Crippen molar-refractivity contribution in [2.75, 3.05) is 0 Å². The lowest BCUT2D eigenvalue weighted by Gasteiger charge is -2.22. The average molecular weight is 385 g/mol. The van der Waals surface area contributed by atoms with E-state index in [2.05, 4.69) is 5.10 Å². The van der Waals surface area contributed by atoms with Gasteiger partial charge >= 0.3 is 6.18 Å². The van der Waals surface area contributed by atoms with Gasteiger partial charge in [0.1, 0.15) is 4.90 Å². The van der Waals surface area contributed by atoms with Gasteiger partial charge in [-0.15, -0.1) is 0 Å². The van der Waals surface area contributed by atoms with Crippen molar-refractivity contribution < 1.29 is 21.6 Å². The van der Waals surface area contributed by atoms with E-state index >= 15 is 0 Å². The fourth-order valence-corrected chi connectivity index (χ4v) is 3.84. The fourth-order valence-electron chi connectivity index (χ4n) is 3.12. The molecule has 1 aliphatic rings. The Labute approximate surface area is 149 Å². The van der Waals surface area contributed by atoms with E-state index in [1.54, 1.807) is 0 Å². The van der Waals surface area contributed by atoms with Gasteiger partial charge in [0.15, 0.2) is 5.69 Å². The van der Waals surface area contributed by atoms with E-state index in [0.717, 1.165) is 17.2 Å². The number of hydrogen-bond acceptors (Lipinski definition) is 3. The van der Waals surface area contributed by atoms with Gasteiger partial charge in [-0.2, -0.15) is 18.3 Å². The third kappa shape index (κ3) is 3.68. The summed E-state index contributed by atoms with van der Waals surface area (Å²) in [6, 6.07) is 6.66. The lowest BCUT2D eigenvalue weighted by Crippen LogP contribution is -2.18. The van der Waals surface area contributed by atoms with Crippen LogP contribution in [0, 0.1) is 0 Å². The summed E-state index contributed by atoms with van der Waals surface area (Å²) >= 11 is 0. The molecule has 0 saturated heterocycles. The molecule has 2 N–H and O–H groups in total. The number of halogens is 3.